The van der Waals surface area contributed by atoms with E-state index in [-0.39, 0.29) is 5.56 Å². The molecule has 5 rings (SSSR count). The fourth-order valence-corrected chi connectivity index (χ4v) is 3.23. The molecule has 0 radical (unpaired) electrons. The van der Waals surface area contributed by atoms with Crippen LogP contribution in [0.4, 0.5) is 0 Å². The van der Waals surface area contributed by atoms with E-state index in [9.17, 15) is 15.3 Å². The van der Waals surface area contributed by atoms with Crippen molar-refractivity contribution in [3.05, 3.63) is 48.8 Å². The molecule has 2 aromatic carbocycles. The standard InChI is InChI=1S/C19H12N4O3/c24-12-6-5-11(17(25)18(12)26)19-22-15-9-3-1-7-20-13(9)14-10(16(15)23-19)4-2-8-21-14/h1-8,24-26H,(H,22,23). The van der Waals surface area contributed by atoms with Crippen molar-refractivity contribution in [3.63, 3.8) is 0 Å². The first-order valence-corrected chi connectivity index (χ1v) is 7.90. The summed E-state index contributed by atoms with van der Waals surface area (Å²) in [5.74, 6) is -1.05. The number of aromatic amines is 1. The third-order valence-corrected chi connectivity index (χ3v) is 4.45. The number of nitrogens with one attached hydrogen (secondary N) is 1. The summed E-state index contributed by atoms with van der Waals surface area (Å²) >= 11 is 0. The normalized spacial score (nSPS) is 11.5. The van der Waals surface area contributed by atoms with Crippen LogP contribution in [0.2, 0.25) is 0 Å². The maximum Gasteiger partial charge on any atom is 0.201 e. The van der Waals surface area contributed by atoms with E-state index in [2.05, 4.69) is 19.9 Å². The number of phenolic OH excluding ortho intramolecular Hbond substituents is 3. The summed E-state index contributed by atoms with van der Waals surface area (Å²) in [5.41, 5.74) is 3.23. The highest BCUT2D eigenvalue weighted by atomic mass is 16.3. The molecule has 0 unspecified atom stereocenters. The molecule has 7 heteroatoms. The Morgan fingerprint density at radius 2 is 1.42 bits per heavy atom. The molecule has 3 heterocycles. The van der Waals surface area contributed by atoms with Gasteiger partial charge in [0.2, 0.25) is 5.75 Å². The first kappa shape index (κ1) is 14.5. The first-order chi connectivity index (χ1) is 12.6. The van der Waals surface area contributed by atoms with Gasteiger partial charge in [-0.05, 0) is 36.4 Å². The largest absolute Gasteiger partial charge is 0.504 e. The van der Waals surface area contributed by atoms with E-state index >= 15 is 0 Å². The van der Waals surface area contributed by atoms with Gasteiger partial charge in [0, 0.05) is 23.2 Å². The summed E-state index contributed by atoms with van der Waals surface area (Å²) in [6, 6.07) is 10.3. The fraction of sp³-hybridized carbons (Fsp3) is 0. The number of nitrogens with zero attached hydrogens (tertiary/aromatic N) is 3. The van der Waals surface area contributed by atoms with Crippen LogP contribution in [0.3, 0.4) is 0 Å². The number of fused-ring (bicyclic) bond motifs is 6. The van der Waals surface area contributed by atoms with E-state index in [0.717, 1.165) is 27.3 Å². The van der Waals surface area contributed by atoms with Gasteiger partial charge in [-0.25, -0.2) is 4.98 Å². The predicted octanol–water partition coefficient (Wildman–Crippen LogP) is 3.44. The molecule has 0 amide bonds. The molecule has 5 aromatic rings. The number of aromatic nitrogens is 4. The quantitative estimate of drug-likeness (QED) is 0.273. The van der Waals surface area contributed by atoms with E-state index < -0.39 is 17.2 Å². The Morgan fingerprint density at radius 1 is 0.731 bits per heavy atom. The number of rotatable bonds is 1. The van der Waals surface area contributed by atoms with Crippen molar-refractivity contribution in [3.8, 4) is 28.6 Å². The molecule has 0 saturated heterocycles. The van der Waals surface area contributed by atoms with E-state index in [0.29, 0.717) is 11.3 Å². The smallest absolute Gasteiger partial charge is 0.201 e. The van der Waals surface area contributed by atoms with Crippen LogP contribution in [0.1, 0.15) is 0 Å². The minimum atomic E-state index is -0.582. The molecule has 0 bridgehead atoms. The molecule has 4 N–H and O–H groups in total. The Balaban J connectivity index is 1.93. The zero-order chi connectivity index (χ0) is 17.8. The Kier molecular flexibility index (Phi) is 2.82. The highest BCUT2D eigenvalue weighted by Gasteiger charge is 2.18. The molecule has 0 aliphatic rings. The second-order valence-corrected chi connectivity index (χ2v) is 5.94. The fourth-order valence-electron chi connectivity index (χ4n) is 3.23. The van der Waals surface area contributed by atoms with Gasteiger partial charge in [-0.2, -0.15) is 0 Å². The van der Waals surface area contributed by atoms with E-state index in [4.69, 9.17) is 0 Å². The highest BCUT2D eigenvalue weighted by molar-refractivity contribution is 6.21. The van der Waals surface area contributed by atoms with Crippen LogP contribution >= 0.6 is 0 Å². The molecule has 0 aliphatic carbocycles. The van der Waals surface area contributed by atoms with Crippen LogP contribution in [-0.2, 0) is 0 Å². The third kappa shape index (κ3) is 1.85. The molecule has 0 spiro atoms. The summed E-state index contributed by atoms with van der Waals surface area (Å²) < 4.78 is 0. The molecule has 126 valence electrons. The van der Waals surface area contributed by atoms with Gasteiger partial charge in [-0.3, -0.25) is 9.97 Å². The topological polar surface area (TPSA) is 115 Å². The maximum atomic E-state index is 10.2. The molecule has 0 fully saturated rings. The second kappa shape index (κ2) is 5.06. The van der Waals surface area contributed by atoms with E-state index in [1.54, 1.807) is 12.4 Å². The van der Waals surface area contributed by atoms with Gasteiger partial charge in [0.05, 0.1) is 27.6 Å². The summed E-state index contributed by atoms with van der Waals surface area (Å²) in [5, 5.41) is 31.2. The van der Waals surface area contributed by atoms with Gasteiger partial charge in [0.25, 0.3) is 0 Å². The molecular formula is C19H12N4O3. The van der Waals surface area contributed by atoms with Crippen molar-refractivity contribution in [2.75, 3.05) is 0 Å². The lowest BCUT2D eigenvalue weighted by molar-refractivity contribution is 0.369. The number of hydrogen-bond donors (Lipinski definition) is 4. The van der Waals surface area contributed by atoms with Crippen molar-refractivity contribution in [2.24, 2.45) is 0 Å². The van der Waals surface area contributed by atoms with Crippen LogP contribution < -0.4 is 0 Å². The highest BCUT2D eigenvalue weighted by Crippen LogP contribution is 2.42. The molecule has 0 atom stereocenters. The predicted molar refractivity (Wildman–Crippen MR) is 97.1 cm³/mol. The molecular weight excluding hydrogens is 332 g/mol. The van der Waals surface area contributed by atoms with Crippen molar-refractivity contribution < 1.29 is 15.3 Å². The first-order valence-electron chi connectivity index (χ1n) is 7.90. The van der Waals surface area contributed by atoms with E-state index in [1.165, 1.54) is 12.1 Å². The van der Waals surface area contributed by atoms with Gasteiger partial charge < -0.3 is 20.3 Å². The maximum absolute atomic E-state index is 10.2. The van der Waals surface area contributed by atoms with Gasteiger partial charge in [0.1, 0.15) is 5.82 Å². The minimum absolute atomic E-state index is 0.283. The van der Waals surface area contributed by atoms with Crippen molar-refractivity contribution in [1.82, 2.24) is 19.9 Å². The van der Waals surface area contributed by atoms with Gasteiger partial charge in [-0.1, -0.05) is 0 Å². The lowest BCUT2D eigenvalue weighted by Gasteiger charge is -2.04. The lowest BCUT2D eigenvalue weighted by Crippen LogP contribution is -1.86. The van der Waals surface area contributed by atoms with Gasteiger partial charge in [0.15, 0.2) is 11.5 Å². The number of benzene rings is 2. The summed E-state index contributed by atoms with van der Waals surface area (Å²) in [6.45, 7) is 0. The Labute approximate surface area is 146 Å². The number of hydrogen-bond acceptors (Lipinski definition) is 6. The number of phenols is 3. The van der Waals surface area contributed by atoms with Crippen LogP contribution in [0.5, 0.6) is 17.2 Å². The third-order valence-electron chi connectivity index (χ3n) is 4.45. The summed E-state index contributed by atoms with van der Waals surface area (Å²) in [4.78, 5) is 16.7. The summed E-state index contributed by atoms with van der Waals surface area (Å²) in [6.07, 6.45) is 3.42. The van der Waals surface area contributed by atoms with E-state index in [1.807, 2.05) is 24.3 Å². The summed E-state index contributed by atoms with van der Waals surface area (Å²) in [7, 11) is 0. The minimum Gasteiger partial charge on any atom is -0.504 e. The Hall–Kier alpha value is -3.87. The molecule has 0 aliphatic heterocycles. The van der Waals surface area contributed by atoms with Crippen LogP contribution in [0, 0.1) is 0 Å². The number of pyridine rings is 2. The van der Waals surface area contributed by atoms with Crippen LogP contribution in [-0.4, -0.2) is 35.3 Å². The second-order valence-electron chi connectivity index (χ2n) is 5.94. The molecule has 7 nitrogen and oxygen atoms in total. The number of aromatic hydroxyl groups is 3. The van der Waals surface area contributed by atoms with Crippen LogP contribution in [0.15, 0.2) is 48.8 Å². The zero-order valence-electron chi connectivity index (χ0n) is 13.3. The lowest BCUT2D eigenvalue weighted by atomic mass is 10.1. The average molecular weight is 344 g/mol. The zero-order valence-corrected chi connectivity index (χ0v) is 13.3. The number of H-pyrrole nitrogens is 1. The van der Waals surface area contributed by atoms with Crippen molar-refractivity contribution in [1.29, 1.82) is 0 Å². The Morgan fingerprint density at radius 3 is 2.19 bits per heavy atom. The Bertz CT molecular complexity index is 1250. The monoisotopic (exact) mass is 344 g/mol. The van der Waals surface area contributed by atoms with Crippen molar-refractivity contribution >= 4 is 32.8 Å². The van der Waals surface area contributed by atoms with Gasteiger partial charge >= 0.3 is 0 Å². The molecule has 3 aromatic heterocycles. The number of imidazole rings is 1. The van der Waals surface area contributed by atoms with Gasteiger partial charge in [-0.15, -0.1) is 0 Å². The SMILES string of the molecule is Oc1ccc(-c2nc3c4cccnc4c4ncccc4c3[nH]2)c(O)c1O. The van der Waals surface area contributed by atoms with Crippen LogP contribution in [0.25, 0.3) is 44.2 Å². The van der Waals surface area contributed by atoms with Crippen molar-refractivity contribution in [2.45, 2.75) is 0 Å². The average Bonchev–Trinajstić information content (AvgIpc) is 3.12. The molecule has 26 heavy (non-hydrogen) atoms. The molecule has 0 saturated carbocycles.